The van der Waals surface area contributed by atoms with Gasteiger partial charge in [0, 0.05) is 12.1 Å². The number of carbonyl (C=O) groups is 2. The first-order valence-electron chi connectivity index (χ1n) is 10.7. The molecule has 1 aliphatic rings. The molecule has 1 heterocycles. The number of amides is 1. The number of halogens is 1. The number of nitrogens with zero attached hydrogens (tertiary/aromatic N) is 2. The Morgan fingerprint density at radius 2 is 1.84 bits per heavy atom. The molecule has 0 spiro atoms. The Kier molecular flexibility index (Phi) is 7.59. The van der Waals surface area contributed by atoms with Gasteiger partial charge in [-0.3, -0.25) is 9.59 Å². The summed E-state index contributed by atoms with van der Waals surface area (Å²) in [7, 11) is 3.92. The molecule has 170 valence electrons. The molecule has 0 aromatic heterocycles. The lowest BCUT2D eigenvalue weighted by molar-refractivity contribution is -0.139. The second kappa shape index (κ2) is 10.2. The van der Waals surface area contributed by atoms with Crippen molar-refractivity contribution < 1.29 is 19.4 Å². The Hall–Kier alpha value is -2.83. The van der Waals surface area contributed by atoms with Gasteiger partial charge in [-0.25, -0.2) is 0 Å². The summed E-state index contributed by atoms with van der Waals surface area (Å²) >= 11 is 6.30. The first-order chi connectivity index (χ1) is 15.2. The number of aliphatic hydroxyl groups is 1. The van der Waals surface area contributed by atoms with Gasteiger partial charge >= 0.3 is 0 Å². The van der Waals surface area contributed by atoms with Crippen molar-refractivity contribution in [1.82, 2.24) is 9.80 Å². The summed E-state index contributed by atoms with van der Waals surface area (Å²) in [5.41, 5.74) is 2.28. The van der Waals surface area contributed by atoms with Gasteiger partial charge in [0.1, 0.15) is 11.5 Å². The number of likely N-dealkylation sites (tertiary alicyclic amines) is 1. The van der Waals surface area contributed by atoms with E-state index in [-0.39, 0.29) is 11.3 Å². The fourth-order valence-electron chi connectivity index (χ4n) is 3.84. The van der Waals surface area contributed by atoms with Crippen LogP contribution in [-0.2, 0) is 9.59 Å². The Bertz CT molecular complexity index is 1030. The molecule has 1 atom stereocenters. The van der Waals surface area contributed by atoms with E-state index in [0.29, 0.717) is 35.9 Å². The maximum atomic E-state index is 13.1. The fraction of sp³-hybridized carbons (Fsp3) is 0.360. The lowest BCUT2D eigenvalue weighted by Crippen LogP contribution is -2.32. The number of ketones is 1. The predicted octanol–water partition coefficient (Wildman–Crippen LogP) is 4.42. The van der Waals surface area contributed by atoms with Crippen LogP contribution in [0.4, 0.5) is 0 Å². The van der Waals surface area contributed by atoms with E-state index in [2.05, 4.69) is 0 Å². The number of Topliss-reactive ketones (excluding diaryl/α,β-unsaturated/α-hetero) is 1. The molecule has 1 amide bonds. The summed E-state index contributed by atoms with van der Waals surface area (Å²) in [5.74, 6) is -1.05. The second-order valence-corrected chi connectivity index (χ2v) is 8.55. The van der Waals surface area contributed by atoms with Crippen LogP contribution in [0.15, 0.2) is 48.0 Å². The molecular formula is C25H29ClN2O4. The number of ether oxygens (including phenoxy) is 1. The van der Waals surface area contributed by atoms with Crippen molar-refractivity contribution >= 4 is 29.1 Å². The highest BCUT2D eigenvalue weighted by Crippen LogP contribution is 2.40. The molecule has 0 bridgehead atoms. The summed E-state index contributed by atoms with van der Waals surface area (Å²) in [6.07, 6.45) is 0.706. The molecule has 6 nitrogen and oxygen atoms in total. The number of rotatable bonds is 8. The third-order valence-electron chi connectivity index (χ3n) is 5.44. The Morgan fingerprint density at radius 1 is 1.16 bits per heavy atom. The number of carbonyl (C=O) groups excluding carboxylic acids is 2. The van der Waals surface area contributed by atoms with Gasteiger partial charge in [-0.05, 0) is 64.7 Å². The lowest BCUT2D eigenvalue weighted by atomic mass is 9.94. The maximum Gasteiger partial charge on any atom is 0.295 e. The minimum atomic E-state index is -0.692. The second-order valence-electron chi connectivity index (χ2n) is 8.14. The summed E-state index contributed by atoms with van der Waals surface area (Å²) in [5, 5.41) is 11.5. The van der Waals surface area contributed by atoms with Crippen LogP contribution < -0.4 is 4.74 Å². The van der Waals surface area contributed by atoms with Gasteiger partial charge in [-0.15, -0.1) is 0 Å². The third kappa shape index (κ3) is 4.97. The average molecular weight is 457 g/mol. The van der Waals surface area contributed by atoms with Gasteiger partial charge < -0.3 is 19.6 Å². The molecule has 3 rings (SSSR count). The molecule has 1 saturated heterocycles. The molecule has 2 aromatic carbocycles. The van der Waals surface area contributed by atoms with Crippen molar-refractivity contribution in [2.75, 3.05) is 33.8 Å². The number of hydrogen-bond donors (Lipinski definition) is 1. The van der Waals surface area contributed by atoms with Crippen molar-refractivity contribution in [3.63, 3.8) is 0 Å². The van der Waals surface area contributed by atoms with E-state index >= 15 is 0 Å². The molecule has 2 aromatic rings. The van der Waals surface area contributed by atoms with E-state index < -0.39 is 17.7 Å². The van der Waals surface area contributed by atoms with E-state index in [1.165, 1.54) is 0 Å². The Labute approximate surface area is 194 Å². The molecule has 1 aliphatic heterocycles. The summed E-state index contributed by atoms with van der Waals surface area (Å²) in [6, 6.07) is 11.8. The zero-order valence-electron chi connectivity index (χ0n) is 18.9. The highest BCUT2D eigenvalue weighted by Gasteiger charge is 2.45. The van der Waals surface area contributed by atoms with Crippen LogP contribution in [0.2, 0.25) is 5.02 Å². The zero-order valence-corrected chi connectivity index (χ0v) is 19.6. The van der Waals surface area contributed by atoms with Crippen molar-refractivity contribution in [3.05, 3.63) is 69.8 Å². The predicted molar refractivity (Wildman–Crippen MR) is 126 cm³/mol. The average Bonchev–Trinajstić information content (AvgIpc) is 3.00. The molecule has 1 unspecified atom stereocenters. The van der Waals surface area contributed by atoms with Gasteiger partial charge in [-0.1, -0.05) is 41.4 Å². The number of hydrogen-bond acceptors (Lipinski definition) is 5. The number of benzene rings is 2. The monoisotopic (exact) mass is 456 g/mol. The van der Waals surface area contributed by atoms with Crippen molar-refractivity contribution in [2.24, 2.45) is 0 Å². The molecular weight excluding hydrogens is 428 g/mol. The molecule has 7 heteroatoms. The van der Waals surface area contributed by atoms with Gasteiger partial charge in [0.25, 0.3) is 11.7 Å². The van der Waals surface area contributed by atoms with Crippen LogP contribution >= 0.6 is 11.6 Å². The van der Waals surface area contributed by atoms with Crippen molar-refractivity contribution in [1.29, 1.82) is 0 Å². The highest BCUT2D eigenvalue weighted by atomic mass is 35.5. The van der Waals surface area contributed by atoms with Gasteiger partial charge in [-0.2, -0.15) is 0 Å². The minimum Gasteiger partial charge on any atom is -0.507 e. The zero-order chi connectivity index (χ0) is 23.4. The van der Waals surface area contributed by atoms with Crippen LogP contribution in [0.5, 0.6) is 5.75 Å². The topological polar surface area (TPSA) is 70.1 Å². The van der Waals surface area contributed by atoms with E-state index in [1.54, 1.807) is 23.1 Å². The van der Waals surface area contributed by atoms with Crippen LogP contribution in [0.1, 0.15) is 36.1 Å². The first kappa shape index (κ1) is 23.8. The van der Waals surface area contributed by atoms with E-state index in [4.69, 9.17) is 16.3 Å². The molecule has 1 N–H and O–H groups in total. The van der Waals surface area contributed by atoms with Crippen molar-refractivity contribution in [3.8, 4) is 5.75 Å². The third-order valence-corrected chi connectivity index (χ3v) is 5.74. The maximum absolute atomic E-state index is 13.1. The minimum absolute atomic E-state index is 0.0731. The van der Waals surface area contributed by atoms with Gasteiger partial charge in [0.2, 0.25) is 0 Å². The largest absolute Gasteiger partial charge is 0.507 e. The van der Waals surface area contributed by atoms with Gasteiger partial charge in [0.05, 0.1) is 23.2 Å². The smallest absolute Gasteiger partial charge is 0.295 e. The van der Waals surface area contributed by atoms with E-state index in [1.807, 2.05) is 57.1 Å². The van der Waals surface area contributed by atoms with Crippen LogP contribution in [-0.4, -0.2) is 60.4 Å². The fourth-order valence-corrected chi connectivity index (χ4v) is 4.07. The lowest BCUT2D eigenvalue weighted by Gasteiger charge is -2.26. The summed E-state index contributed by atoms with van der Waals surface area (Å²) < 4.78 is 5.45. The van der Waals surface area contributed by atoms with E-state index in [9.17, 15) is 14.7 Å². The normalized spacial score (nSPS) is 17.9. The standard InChI is InChI=1S/C25H29ClN2O4/c1-5-32-20-12-11-18(15-19(20)26)23(29)21-22(17-9-7-16(2)8-10-17)28(25(31)24(21)30)14-6-13-27(3)4/h7-12,15,22,29H,5-6,13-14H2,1-4H3/b23-21+. The van der Waals surface area contributed by atoms with E-state index in [0.717, 1.165) is 17.7 Å². The molecule has 0 aliphatic carbocycles. The van der Waals surface area contributed by atoms with Crippen LogP contribution in [0.25, 0.3) is 5.76 Å². The van der Waals surface area contributed by atoms with Crippen LogP contribution in [0.3, 0.4) is 0 Å². The molecule has 0 radical (unpaired) electrons. The molecule has 0 saturated carbocycles. The highest BCUT2D eigenvalue weighted by molar-refractivity contribution is 6.46. The Balaban J connectivity index is 2.08. The van der Waals surface area contributed by atoms with Crippen LogP contribution in [0, 0.1) is 6.92 Å². The molecule has 1 fully saturated rings. The van der Waals surface area contributed by atoms with Gasteiger partial charge in [0.15, 0.2) is 0 Å². The SMILES string of the molecule is CCOc1ccc(/C(O)=C2\C(=O)C(=O)N(CCCN(C)C)C2c2ccc(C)cc2)cc1Cl. The first-order valence-corrected chi connectivity index (χ1v) is 11.0. The Morgan fingerprint density at radius 3 is 2.44 bits per heavy atom. The summed E-state index contributed by atoms with van der Waals surface area (Å²) in [6.45, 7) is 5.46. The molecule has 32 heavy (non-hydrogen) atoms. The van der Waals surface area contributed by atoms with Crippen molar-refractivity contribution in [2.45, 2.75) is 26.3 Å². The summed E-state index contributed by atoms with van der Waals surface area (Å²) in [4.78, 5) is 29.6. The number of aryl methyl sites for hydroxylation is 1. The quantitative estimate of drug-likeness (QED) is 0.361. The number of aliphatic hydroxyl groups excluding tert-OH is 1.